The molecule has 0 fully saturated rings. The number of halogens is 2. The van der Waals surface area contributed by atoms with E-state index in [1.807, 2.05) is 20.1 Å². The number of hydrogen-bond donors (Lipinski definition) is 1. The van der Waals surface area contributed by atoms with Gasteiger partial charge in [0.05, 0.1) is 4.90 Å². The number of sulfonamides is 1. The lowest BCUT2D eigenvalue weighted by Crippen LogP contribution is -2.36. The van der Waals surface area contributed by atoms with Crippen LogP contribution >= 0.6 is 43.6 Å². The molecule has 0 bridgehead atoms. The van der Waals surface area contributed by atoms with E-state index in [0.29, 0.717) is 4.47 Å². The van der Waals surface area contributed by atoms with Crippen molar-refractivity contribution in [1.29, 1.82) is 0 Å². The molecule has 108 valence electrons. The second kappa shape index (κ2) is 7.45. The molecule has 3 nitrogen and oxygen atoms in total. The highest BCUT2D eigenvalue weighted by molar-refractivity contribution is 9.11. The highest BCUT2D eigenvalue weighted by Crippen LogP contribution is 2.29. The van der Waals surface area contributed by atoms with E-state index in [-0.39, 0.29) is 10.9 Å². The molecule has 0 saturated carbocycles. The van der Waals surface area contributed by atoms with Crippen LogP contribution in [0.1, 0.15) is 18.9 Å². The summed E-state index contributed by atoms with van der Waals surface area (Å²) < 4.78 is 28.9. The zero-order valence-corrected chi connectivity index (χ0v) is 15.8. The summed E-state index contributed by atoms with van der Waals surface area (Å²) in [5, 5.41) is 0. The second-order valence-corrected chi connectivity index (χ2v) is 8.52. The lowest BCUT2D eigenvalue weighted by atomic mass is 10.2. The molecule has 0 aliphatic carbocycles. The molecule has 1 atom stereocenters. The van der Waals surface area contributed by atoms with Gasteiger partial charge in [-0.3, -0.25) is 0 Å². The van der Waals surface area contributed by atoms with Gasteiger partial charge in [0.2, 0.25) is 10.0 Å². The molecule has 0 amide bonds. The van der Waals surface area contributed by atoms with Crippen LogP contribution in [-0.2, 0) is 10.0 Å². The van der Waals surface area contributed by atoms with E-state index in [1.54, 1.807) is 23.9 Å². The number of rotatable bonds is 6. The number of hydrogen-bond acceptors (Lipinski definition) is 3. The van der Waals surface area contributed by atoms with Crippen LogP contribution in [0.15, 0.2) is 26.0 Å². The van der Waals surface area contributed by atoms with Crippen LogP contribution in [0.4, 0.5) is 0 Å². The van der Waals surface area contributed by atoms with Gasteiger partial charge in [-0.1, -0.05) is 22.9 Å². The first-order valence-corrected chi connectivity index (χ1v) is 10.2. The molecule has 0 heterocycles. The quantitative estimate of drug-likeness (QED) is 0.743. The van der Waals surface area contributed by atoms with E-state index >= 15 is 0 Å². The molecule has 0 aliphatic rings. The average Bonchev–Trinajstić information content (AvgIpc) is 2.32. The van der Waals surface area contributed by atoms with Gasteiger partial charge in [-0.15, -0.1) is 0 Å². The van der Waals surface area contributed by atoms with Gasteiger partial charge in [0.25, 0.3) is 0 Å². The molecule has 0 spiro atoms. The van der Waals surface area contributed by atoms with Crippen molar-refractivity contribution >= 4 is 53.6 Å². The summed E-state index contributed by atoms with van der Waals surface area (Å²) in [7, 11) is -3.50. The van der Waals surface area contributed by atoms with E-state index in [2.05, 4.69) is 36.6 Å². The highest BCUT2D eigenvalue weighted by Gasteiger charge is 2.22. The molecule has 1 aromatic carbocycles. The van der Waals surface area contributed by atoms with Crippen molar-refractivity contribution in [2.45, 2.75) is 31.2 Å². The minimum absolute atomic E-state index is 0.0491. The van der Waals surface area contributed by atoms with Gasteiger partial charge >= 0.3 is 0 Å². The summed E-state index contributed by atoms with van der Waals surface area (Å²) in [6, 6.07) is 3.38. The van der Waals surface area contributed by atoms with Crippen LogP contribution in [0.3, 0.4) is 0 Å². The van der Waals surface area contributed by atoms with Crippen LogP contribution in [-0.4, -0.2) is 26.5 Å². The Morgan fingerprint density at radius 2 is 1.95 bits per heavy atom. The predicted molar refractivity (Wildman–Crippen MR) is 89.4 cm³/mol. The summed E-state index contributed by atoms with van der Waals surface area (Å²) in [6.07, 6.45) is 2.74. The average molecular weight is 431 g/mol. The van der Waals surface area contributed by atoms with E-state index in [0.717, 1.165) is 22.2 Å². The number of thioether (sulfide) groups is 1. The summed E-state index contributed by atoms with van der Waals surface area (Å²) in [5.41, 5.74) is 0.988. The van der Waals surface area contributed by atoms with Crippen LogP contribution in [0, 0.1) is 6.92 Å². The van der Waals surface area contributed by atoms with E-state index in [9.17, 15) is 8.42 Å². The number of aryl methyl sites for hydroxylation is 1. The zero-order chi connectivity index (χ0) is 14.6. The van der Waals surface area contributed by atoms with Crippen molar-refractivity contribution in [3.8, 4) is 0 Å². The first-order valence-electron chi connectivity index (χ1n) is 5.78. The third-order valence-corrected chi connectivity index (χ3v) is 6.75. The van der Waals surface area contributed by atoms with Crippen molar-refractivity contribution in [1.82, 2.24) is 4.72 Å². The summed E-state index contributed by atoms with van der Waals surface area (Å²) in [4.78, 5) is 0.268. The largest absolute Gasteiger partial charge is 0.242 e. The van der Waals surface area contributed by atoms with Crippen molar-refractivity contribution in [3.05, 3.63) is 26.6 Å². The summed E-state index contributed by atoms with van der Waals surface area (Å²) in [5.74, 6) is 0.764. The van der Waals surface area contributed by atoms with Crippen LogP contribution in [0.25, 0.3) is 0 Å². The topological polar surface area (TPSA) is 46.2 Å². The summed E-state index contributed by atoms with van der Waals surface area (Å²) in [6.45, 7) is 3.89. The third kappa shape index (κ3) is 4.74. The fraction of sp³-hybridized carbons (Fsp3) is 0.500. The Kier molecular flexibility index (Phi) is 6.86. The fourth-order valence-electron chi connectivity index (χ4n) is 1.55. The van der Waals surface area contributed by atoms with Crippen molar-refractivity contribution in [3.63, 3.8) is 0 Å². The van der Waals surface area contributed by atoms with Gasteiger partial charge in [-0.05, 0) is 53.2 Å². The Morgan fingerprint density at radius 1 is 1.32 bits per heavy atom. The minimum Gasteiger partial charge on any atom is -0.207 e. The Morgan fingerprint density at radius 3 is 2.47 bits per heavy atom. The molecule has 1 rings (SSSR count). The third-order valence-electron chi connectivity index (χ3n) is 2.69. The maximum Gasteiger partial charge on any atom is 0.242 e. The number of benzene rings is 1. The molecule has 1 unspecified atom stereocenters. The van der Waals surface area contributed by atoms with Gasteiger partial charge < -0.3 is 0 Å². The minimum atomic E-state index is -3.50. The molecular weight excluding hydrogens is 414 g/mol. The van der Waals surface area contributed by atoms with Gasteiger partial charge in [0, 0.05) is 20.7 Å². The molecular formula is C12H17Br2NO2S2. The SMILES string of the molecule is CCC(CSC)NS(=O)(=O)c1cc(Br)c(C)cc1Br. The molecule has 1 aromatic rings. The monoisotopic (exact) mass is 429 g/mol. The molecule has 0 radical (unpaired) electrons. The van der Waals surface area contributed by atoms with Crippen molar-refractivity contribution in [2.24, 2.45) is 0 Å². The molecule has 0 aromatic heterocycles. The Bertz CT molecular complexity index is 547. The summed E-state index contributed by atoms with van der Waals surface area (Å²) >= 11 is 8.32. The Labute approximate surface area is 136 Å². The fourth-order valence-corrected chi connectivity index (χ4v) is 5.38. The standard InChI is InChI=1S/C12H17Br2NO2S2/c1-4-9(7-18-3)15-19(16,17)12-6-10(13)8(2)5-11(12)14/h5-6,9,15H,4,7H2,1-3H3. The lowest BCUT2D eigenvalue weighted by molar-refractivity contribution is 0.557. The maximum atomic E-state index is 12.4. The van der Waals surface area contributed by atoms with Crippen LogP contribution < -0.4 is 4.72 Å². The molecule has 0 saturated heterocycles. The number of nitrogens with one attached hydrogen (secondary N) is 1. The first kappa shape index (κ1) is 17.5. The molecule has 1 N–H and O–H groups in total. The Balaban J connectivity index is 3.10. The van der Waals surface area contributed by atoms with Gasteiger partial charge in [-0.2, -0.15) is 11.8 Å². The van der Waals surface area contributed by atoms with E-state index in [1.165, 1.54) is 0 Å². The first-order chi connectivity index (χ1) is 8.81. The Hall–Kier alpha value is 0.440. The smallest absolute Gasteiger partial charge is 0.207 e. The van der Waals surface area contributed by atoms with Gasteiger partial charge in [0.1, 0.15) is 0 Å². The lowest BCUT2D eigenvalue weighted by Gasteiger charge is -2.17. The van der Waals surface area contributed by atoms with Crippen molar-refractivity contribution < 1.29 is 8.42 Å². The van der Waals surface area contributed by atoms with Gasteiger partial charge in [0.15, 0.2) is 0 Å². The van der Waals surface area contributed by atoms with Crippen LogP contribution in [0.2, 0.25) is 0 Å². The van der Waals surface area contributed by atoms with Crippen molar-refractivity contribution in [2.75, 3.05) is 12.0 Å². The molecule has 19 heavy (non-hydrogen) atoms. The van der Waals surface area contributed by atoms with E-state index < -0.39 is 10.0 Å². The normalized spacial score (nSPS) is 13.5. The highest BCUT2D eigenvalue weighted by atomic mass is 79.9. The predicted octanol–water partition coefficient (Wildman–Crippen LogP) is 3.94. The van der Waals surface area contributed by atoms with Crippen LogP contribution in [0.5, 0.6) is 0 Å². The van der Waals surface area contributed by atoms with E-state index in [4.69, 9.17) is 0 Å². The second-order valence-electron chi connectivity index (χ2n) is 4.21. The molecule has 7 heteroatoms. The zero-order valence-electron chi connectivity index (χ0n) is 11.0. The maximum absolute atomic E-state index is 12.4. The molecule has 0 aliphatic heterocycles. The van der Waals surface area contributed by atoms with Gasteiger partial charge in [-0.25, -0.2) is 13.1 Å².